The number of hydrogen-bond donors (Lipinski definition) is 6. The van der Waals surface area contributed by atoms with Gasteiger partial charge < -0.3 is 35.1 Å². The average Bonchev–Trinajstić information content (AvgIpc) is 3.72. The number of aliphatic hydroxyl groups excluding tert-OH is 1. The van der Waals surface area contributed by atoms with Crippen molar-refractivity contribution in [2.45, 2.75) is 43.1 Å². The molecule has 22 heteroatoms. The van der Waals surface area contributed by atoms with Gasteiger partial charge >= 0.3 is 6.80 Å². The second-order valence-electron chi connectivity index (χ2n) is 9.79. The number of nitrogens with one attached hydrogen (secondary N) is 1. The molecular weight excluding hydrogens is 648 g/mol. The molecule has 2 aliphatic heterocycles. The van der Waals surface area contributed by atoms with Gasteiger partial charge in [0.1, 0.15) is 36.1 Å². The summed E-state index contributed by atoms with van der Waals surface area (Å²) in [4.78, 5) is 31.1. The van der Waals surface area contributed by atoms with E-state index >= 15 is 0 Å². The van der Waals surface area contributed by atoms with Crippen molar-refractivity contribution in [2.24, 2.45) is 0 Å². The van der Waals surface area contributed by atoms with Crippen LogP contribution in [0.1, 0.15) is 18.7 Å². The lowest BCUT2D eigenvalue weighted by Gasteiger charge is -2.24. The molecule has 0 aliphatic carbocycles. The maximum atomic E-state index is 13.4. The van der Waals surface area contributed by atoms with Crippen LogP contribution in [-0.4, -0.2) is 83.4 Å². The summed E-state index contributed by atoms with van der Waals surface area (Å²) in [7, 11) is -2.56. The van der Waals surface area contributed by atoms with E-state index in [4.69, 9.17) is 34.5 Å². The number of imidazole rings is 1. The molecular formula is C21H27N9O9P2S2. The number of aliphatic hydroxyl groups is 1. The fourth-order valence-corrected chi connectivity index (χ4v) is 7.19. The summed E-state index contributed by atoms with van der Waals surface area (Å²) in [5.41, 5.74) is 11.7. The van der Waals surface area contributed by atoms with Crippen molar-refractivity contribution in [3.63, 3.8) is 0 Å². The predicted molar refractivity (Wildman–Crippen MR) is 159 cm³/mol. The maximum absolute atomic E-state index is 13.4. The molecule has 0 radical (unpaired) electrons. The number of rotatable bonds is 10. The molecule has 4 aromatic rings. The van der Waals surface area contributed by atoms with E-state index in [1.165, 1.54) is 17.2 Å². The van der Waals surface area contributed by atoms with Crippen LogP contribution in [0.2, 0.25) is 0 Å². The van der Waals surface area contributed by atoms with Gasteiger partial charge in [-0.05, 0) is 6.07 Å². The Kier molecular flexibility index (Phi) is 8.60. The maximum Gasteiger partial charge on any atom is 0.386 e. The Morgan fingerprint density at radius 2 is 2.05 bits per heavy atom. The fourth-order valence-electron chi connectivity index (χ4n) is 5.14. The van der Waals surface area contributed by atoms with Crippen LogP contribution in [-0.2, 0) is 32.2 Å². The smallest absolute Gasteiger partial charge is 0.386 e. The quantitative estimate of drug-likeness (QED) is 0.102. The third-order valence-corrected chi connectivity index (χ3v) is 9.53. The normalized spacial score (nSPS) is 28.1. The zero-order valence-electron chi connectivity index (χ0n) is 22.0. The fraction of sp³-hybridized carbons (Fsp3) is 0.476. The highest BCUT2D eigenvalue weighted by atomic mass is 32.7. The number of anilines is 2. The molecule has 8 atom stereocenters. The van der Waals surface area contributed by atoms with Crippen LogP contribution in [0.3, 0.4) is 0 Å². The second kappa shape index (κ2) is 12.1. The molecule has 0 aromatic carbocycles. The summed E-state index contributed by atoms with van der Waals surface area (Å²) in [6, 6.07) is 1.22. The molecule has 43 heavy (non-hydrogen) atoms. The van der Waals surface area contributed by atoms with Crippen molar-refractivity contribution in [3.8, 4) is 0 Å². The minimum atomic E-state index is -4.11. The Morgan fingerprint density at radius 3 is 2.84 bits per heavy atom. The standard InChI is InChI=1S/C21H27N9O9P2S2/c22-16-10-1-2-29(17(10)25-7-24-16)11-5-35-13(15(11)31)6-37-41(34,43)39-12-3-9(4-36-40(33)42)38-20(12)30-8-26-14-18(30)27-21(23)28-19(14)32/h1-2,7-9,11-13,15,20,31,40H,3-6H2,(H,33,42)(H,34,43)(H2,22,24,25)(H3,23,27,28,32)/t9-,11?,12+,13+,15+,20+,41?/m0/s1. The number of nitrogens with two attached hydrogens (primary N) is 2. The van der Waals surface area contributed by atoms with Crippen LogP contribution < -0.4 is 17.0 Å². The van der Waals surface area contributed by atoms with E-state index in [0.717, 1.165) is 0 Å². The lowest BCUT2D eigenvalue weighted by atomic mass is 10.1. The zero-order valence-corrected chi connectivity index (χ0v) is 25.7. The summed E-state index contributed by atoms with van der Waals surface area (Å²) < 4.78 is 56.2. The van der Waals surface area contributed by atoms with Crippen LogP contribution in [0.5, 0.6) is 0 Å². The van der Waals surface area contributed by atoms with Gasteiger partial charge in [0.15, 0.2) is 17.4 Å². The van der Waals surface area contributed by atoms with Gasteiger partial charge in [-0.25, -0.2) is 19.5 Å². The number of hydrogen-bond acceptors (Lipinski definition) is 15. The van der Waals surface area contributed by atoms with Crippen molar-refractivity contribution in [2.75, 3.05) is 31.3 Å². The van der Waals surface area contributed by atoms with Crippen molar-refractivity contribution < 1.29 is 37.3 Å². The average molecular weight is 676 g/mol. The molecule has 4 aromatic heterocycles. The molecule has 6 rings (SSSR count). The molecule has 0 bridgehead atoms. The third kappa shape index (κ3) is 6.22. The van der Waals surface area contributed by atoms with E-state index in [2.05, 4.69) is 49.4 Å². The molecule has 18 nitrogen and oxygen atoms in total. The van der Waals surface area contributed by atoms with E-state index in [0.29, 0.717) is 16.9 Å². The van der Waals surface area contributed by atoms with Crippen LogP contribution in [0.4, 0.5) is 11.8 Å². The first kappa shape index (κ1) is 30.5. The molecule has 232 valence electrons. The first-order valence-electron chi connectivity index (χ1n) is 12.8. The number of aromatic amines is 1. The topological polar surface area (TPSA) is 247 Å². The zero-order chi connectivity index (χ0) is 30.5. The van der Waals surface area contributed by atoms with E-state index in [9.17, 15) is 19.0 Å². The van der Waals surface area contributed by atoms with Gasteiger partial charge in [0.25, 0.3) is 5.56 Å². The van der Waals surface area contributed by atoms with Gasteiger partial charge in [0.2, 0.25) is 13.2 Å². The molecule has 2 aliphatic rings. The summed E-state index contributed by atoms with van der Waals surface area (Å²) in [5, 5.41) is 11.6. The van der Waals surface area contributed by atoms with E-state index in [1.807, 2.05) is 0 Å². The Hall–Kier alpha value is -2.51. The molecule has 0 saturated carbocycles. The van der Waals surface area contributed by atoms with Crippen molar-refractivity contribution >= 4 is 72.5 Å². The van der Waals surface area contributed by atoms with Crippen LogP contribution in [0, 0.1) is 0 Å². The molecule has 0 amide bonds. The van der Waals surface area contributed by atoms with Crippen molar-refractivity contribution in [3.05, 3.63) is 35.3 Å². The first-order chi connectivity index (χ1) is 20.5. The summed E-state index contributed by atoms with van der Waals surface area (Å²) in [6.45, 7) is -4.41. The highest BCUT2D eigenvalue weighted by Crippen LogP contribution is 2.57. The Balaban J connectivity index is 1.16. The molecule has 3 unspecified atom stereocenters. The predicted octanol–water partition coefficient (Wildman–Crippen LogP) is 1.09. The molecule has 2 saturated heterocycles. The summed E-state index contributed by atoms with van der Waals surface area (Å²) in [5.74, 6) is 0.159. The van der Waals surface area contributed by atoms with Crippen LogP contribution in [0.25, 0.3) is 22.2 Å². The van der Waals surface area contributed by atoms with Crippen molar-refractivity contribution in [1.29, 1.82) is 0 Å². The molecule has 2 fully saturated rings. The lowest BCUT2D eigenvalue weighted by molar-refractivity contribution is -0.0430. The van der Waals surface area contributed by atoms with E-state index in [1.54, 1.807) is 16.8 Å². The summed E-state index contributed by atoms with van der Waals surface area (Å²) in [6.07, 6.45) is -0.125. The Morgan fingerprint density at radius 1 is 1.23 bits per heavy atom. The lowest BCUT2D eigenvalue weighted by Crippen LogP contribution is -2.31. The number of ether oxygens (including phenoxy) is 2. The first-order valence-corrected chi connectivity index (χ1v) is 18.1. The van der Waals surface area contributed by atoms with Gasteiger partial charge in [-0.15, -0.1) is 0 Å². The van der Waals surface area contributed by atoms with Gasteiger partial charge in [-0.1, -0.05) is 24.5 Å². The monoisotopic (exact) mass is 675 g/mol. The third-order valence-electron chi connectivity index (χ3n) is 7.09. The van der Waals surface area contributed by atoms with Gasteiger partial charge in [-0.3, -0.25) is 28.0 Å². The number of nitrogen functional groups attached to an aromatic ring is 2. The van der Waals surface area contributed by atoms with Crippen LogP contribution >= 0.6 is 38.5 Å². The number of thiol groups is 2. The molecule has 6 heterocycles. The minimum Gasteiger partial charge on any atom is -0.388 e. The number of fused-ring (bicyclic) bond motifs is 2. The summed E-state index contributed by atoms with van der Waals surface area (Å²) >= 11 is 7.92. The van der Waals surface area contributed by atoms with Gasteiger partial charge in [-0.2, -0.15) is 4.98 Å². The highest BCUT2D eigenvalue weighted by molar-refractivity contribution is 8.44. The SMILES string of the molecule is Nc1nc2c(ncn2[C@@H]2O[C@H](CO[PH](=O)S)C[C@H]2OP(=O)(S)OC[C@H]2OCC(n3ccc4c(N)ncnc43)[C@H]2O)c(=O)[nH]1. The van der Waals surface area contributed by atoms with Gasteiger partial charge in [0.05, 0.1) is 43.7 Å². The Labute approximate surface area is 253 Å². The number of aromatic nitrogens is 7. The number of nitrogens with zero attached hydrogens (tertiary/aromatic N) is 6. The van der Waals surface area contributed by atoms with Crippen LogP contribution in [0.15, 0.2) is 29.7 Å². The number of H-pyrrole nitrogens is 1. The Bertz CT molecular complexity index is 1790. The minimum absolute atomic E-state index is 0.00601. The molecule has 6 N–H and O–H groups in total. The largest absolute Gasteiger partial charge is 0.388 e. The van der Waals surface area contributed by atoms with Crippen molar-refractivity contribution in [1.82, 2.24) is 34.1 Å². The van der Waals surface area contributed by atoms with E-state index < -0.39 is 56.3 Å². The highest BCUT2D eigenvalue weighted by Gasteiger charge is 2.44. The second-order valence-corrected chi connectivity index (χ2v) is 14.6. The van der Waals surface area contributed by atoms with Gasteiger partial charge in [0, 0.05) is 12.6 Å². The molecule has 0 spiro atoms. The van der Waals surface area contributed by atoms with E-state index in [-0.39, 0.29) is 43.4 Å².